The van der Waals surface area contributed by atoms with Gasteiger partial charge in [-0.05, 0) is 49.4 Å². The van der Waals surface area contributed by atoms with Crippen LogP contribution in [0.1, 0.15) is 44.2 Å². The van der Waals surface area contributed by atoms with Crippen LogP contribution in [0, 0.1) is 17.8 Å². The molecular weight excluding hydrogens is 206 g/mol. The molecule has 0 aliphatic carbocycles. The summed E-state index contributed by atoms with van der Waals surface area (Å²) in [5.74, 6) is 7.10. The summed E-state index contributed by atoms with van der Waals surface area (Å²) in [7, 11) is 0. The fourth-order valence-corrected chi connectivity index (χ4v) is 1.72. The van der Waals surface area contributed by atoms with Crippen LogP contribution in [0.3, 0.4) is 0 Å². The van der Waals surface area contributed by atoms with E-state index < -0.39 is 0 Å². The highest BCUT2D eigenvalue weighted by Crippen LogP contribution is 2.09. The van der Waals surface area contributed by atoms with Crippen LogP contribution in [-0.4, -0.2) is 6.54 Å². The summed E-state index contributed by atoms with van der Waals surface area (Å²) >= 11 is 0. The molecule has 0 aliphatic heterocycles. The summed E-state index contributed by atoms with van der Waals surface area (Å²) in [5.41, 5.74) is 7.94. The normalized spacial score (nSPS) is 10.1. The molecule has 0 saturated carbocycles. The monoisotopic (exact) mass is 229 g/mol. The van der Waals surface area contributed by atoms with Gasteiger partial charge in [0.25, 0.3) is 0 Å². The molecule has 0 amide bonds. The lowest BCUT2D eigenvalue weighted by Gasteiger charge is -2.04. The smallest absolute Gasteiger partial charge is 0.0245 e. The van der Waals surface area contributed by atoms with E-state index in [0.29, 0.717) is 5.92 Å². The zero-order valence-corrected chi connectivity index (χ0v) is 11.0. The largest absolute Gasteiger partial charge is 0.330 e. The van der Waals surface area contributed by atoms with Gasteiger partial charge in [-0.3, -0.25) is 0 Å². The quantitative estimate of drug-likeness (QED) is 0.608. The van der Waals surface area contributed by atoms with Gasteiger partial charge in [-0.1, -0.05) is 37.8 Å². The molecule has 0 radical (unpaired) electrons. The fourth-order valence-electron chi connectivity index (χ4n) is 1.72. The van der Waals surface area contributed by atoms with Crippen molar-refractivity contribution < 1.29 is 0 Å². The van der Waals surface area contributed by atoms with Gasteiger partial charge in [-0.25, -0.2) is 0 Å². The van der Waals surface area contributed by atoms with Crippen molar-refractivity contribution in [2.45, 2.75) is 39.5 Å². The minimum Gasteiger partial charge on any atom is -0.330 e. The number of hydrogen-bond acceptors (Lipinski definition) is 1. The zero-order chi connectivity index (χ0) is 12.5. The Morgan fingerprint density at radius 1 is 1.12 bits per heavy atom. The Morgan fingerprint density at radius 3 is 2.41 bits per heavy atom. The van der Waals surface area contributed by atoms with Gasteiger partial charge in [0.1, 0.15) is 0 Å². The van der Waals surface area contributed by atoms with Gasteiger partial charge in [0.15, 0.2) is 0 Å². The average Bonchev–Trinajstić information content (AvgIpc) is 2.30. The molecular formula is C16H23N. The summed E-state index contributed by atoms with van der Waals surface area (Å²) < 4.78 is 0. The van der Waals surface area contributed by atoms with Gasteiger partial charge >= 0.3 is 0 Å². The highest BCUT2D eigenvalue weighted by atomic mass is 14.5. The summed E-state index contributed by atoms with van der Waals surface area (Å²) in [6.45, 7) is 5.25. The van der Waals surface area contributed by atoms with Crippen molar-refractivity contribution in [2.75, 3.05) is 6.54 Å². The molecule has 0 bridgehead atoms. The third-order valence-corrected chi connectivity index (χ3v) is 2.59. The Labute approximate surface area is 105 Å². The van der Waals surface area contributed by atoms with E-state index in [9.17, 15) is 0 Å². The summed E-state index contributed by atoms with van der Waals surface area (Å²) in [6, 6.07) is 8.61. The van der Waals surface area contributed by atoms with E-state index >= 15 is 0 Å². The molecule has 1 aromatic carbocycles. The maximum Gasteiger partial charge on any atom is 0.0245 e. The molecule has 0 aromatic heterocycles. The summed E-state index contributed by atoms with van der Waals surface area (Å²) in [6.07, 6.45) is 4.27. The third kappa shape index (κ3) is 6.14. The van der Waals surface area contributed by atoms with E-state index in [2.05, 4.69) is 50.0 Å². The molecule has 0 heterocycles. The molecule has 1 aromatic rings. The Balaban J connectivity index is 2.44. The van der Waals surface area contributed by atoms with Gasteiger partial charge in [0.05, 0.1) is 0 Å². The van der Waals surface area contributed by atoms with Crippen molar-refractivity contribution in [3.63, 3.8) is 0 Å². The van der Waals surface area contributed by atoms with Crippen LogP contribution in [-0.2, 0) is 6.42 Å². The topological polar surface area (TPSA) is 26.0 Å². The van der Waals surface area contributed by atoms with Crippen LogP contribution < -0.4 is 5.73 Å². The molecule has 1 heteroatoms. The van der Waals surface area contributed by atoms with Crippen LogP contribution in [0.25, 0.3) is 0 Å². The van der Waals surface area contributed by atoms with E-state index in [-0.39, 0.29) is 0 Å². The van der Waals surface area contributed by atoms with Crippen LogP contribution in [0.2, 0.25) is 0 Å². The van der Waals surface area contributed by atoms with Crippen molar-refractivity contribution in [3.8, 4) is 11.8 Å². The fraction of sp³-hybridized carbons (Fsp3) is 0.500. The second-order valence-corrected chi connectivity index (χ2v) is 4.84. The van der Waals surface area contributed by atoms with Crippen LogP contribution in [0.4, 0.5) is 0 Å². The number of benzene rings is 1. The lowest BCUT2D eigenvalue weighted by molar-refractivity contribution is 0.647. The Kier molecular flexibility index (Phi) is 6.43. The lowest BCUT2D eigenvalue weighted by atomic mass is 10.0. The number of nitrogens with two attached hydrogens (primary N) is 1. The first-order valence-electron chi connectivity index (χ1n) is 6.50. The molecule has 92 valence electrons. The minimum absolute atomic E-state index is 0.711. The second-order valence-electron chi connectivity index (χ2n) is 4.84. The first kappa shape index (κ1) is 13.8. The minimum atomic E-state index is 0.711. The molecule has 2 N–H and O–H groups in total. The molecule has 0 atom stereocenters. The lowest BCUT2D eigenvalue weighted by Crippen LogP contribution is -1.96. The first-order valence-corrected chi connectivity index (χ1v) is 6.50. The third-order valence-electron chi connectivity index (χ3n) is 2.59. The molecule has 0 spiro atoms. The van der Waals surface area contributed by atoms with Crippen molar-refractivity contribution in [1.82, 2.24) is 0 Å². The van der Waals surface area contributed by atoms with Gasteiger partial charge in [-0.2, -0.15) is 0 Å². The average molecular weight is 229 g/mol. The zero-order valence-electron chi connectivity index (χ0n) is 11.0. The maximum absolute atomic E-state index is 5.43. The van der Waals surface area contributed by atoms with E-state index in [1.165, 1.54) is 5.56 Å². The van der Waals surface area contributed by atoms with Gasteiger partial charge in [0.2, 0.25) is 0 Å². The Morgan fingerprint density at radius 2 is 1.82 bits per heavy atom. The van der Waals surface area contributed by atoms with E-state index in [4.69, 9.17) is 5.73 Å². The molecule has 0 unspecified atom stereocenters. The van der Waals surface area contributed by atoms with Crippen LogP contribution >= 0.6 is 0 Å². The van der Waals surface area contributed by atoms with Crippen molar-refractivity contribution in [2.24, 2.45) is 11.7 Å². The highest BCUT2D eigenvalue weighted by Gasteiger charge is 1.96. The van der Waals surface area contributed by atoms with Crippen LogP contribution in [0.5, 0.6) is 0 Å². The van der Waals surface area contributed by atoms with Gasteiger partial charge in [0, 0.05) is 12.0 Å². The Hall–Kier alpha value is -1.26. The van der Waals surface area contributed by atoms with Crippen molar-refractivity contribution in [3.05, 3.63) is 35.4 Å². The predicted octanol–water partition coefficient (Wildman–Crippen LogP) is 3.37. The van der Waals surface area contributed by atoms with Gasteiger partial charge in [-0.15, -0.1) is 0 Å². The van der Waals surface area contributed by atoms with E-state index in [1.54, 1.807) is 0 Å². The van der Waals surface area contributed by atoms with E-state index in [0.717, 1.165) is 37.8 Å². The summed E-state index contributed by atoms with van der Waals surface area (Å²) in [5, 5.41) is 0. The number of unbranched alkanes of at least 4 members (excludes halogenated alkanes) is 2. The standard InChI is InChI=1S/C16H23N/c1-14(2)13-16-10-8-15(9-11-16)7-5-3-4-6-12-17/h8-11,14H,3-4,6,12-13,17H2,1-2H3. The molecule has 0 aliphatic rings. The molecule has 1 rings (SSSR count). The maximum atomic E-state index is 5.43. The van der Waals surface area contributed by atoms with E-state index in [1.807, 2.05) is 0 Å². The molecule has 0 fully saturated rings. The predicted molar refractivity (Wildman–Crippen MR) is 74.8 cm³/mol. The number of hydrogen-bond donors (Lipinski definition) is 1. The Bertz CT molecular complexity index is 365. The van der Waals surface area contributed by atoms with Crippen molar-refractivity contribution in [1.29, 1.82) is 0 Å². The van der Waals surface area contributed by atoms with Crippen molar-refractivity contribution >= 4 is 0 Å². The summed E-state index contributed by atoms with van der Waals surface area (Å²) in [4.78, 5) is 0. The SMILES string of the molecule is CC(C)Cc1ccc(C#CCCCCN)cc1. The van der Waals surface area contributed by atoms with Gasteiger partial charge < -0.3 is 5.73 Å². The molecule has 0 saturated heterocycles. The first-order chi connectivity index (χ1) is 8.22. The second kappa shape index (κ2) is 7.92. The molecule has 17 heavy (non-hydrogen) atoms. The highest BCUT2D eigenvalue weighted by molar-refractivity contribution is 5.36. The molecule has 1 nitrogen and oxygen atoms in total. The number of rotatable bonds is 5. The van der Waals surface area contributed by atoms with Crippen LogP contribution in [0.15, 0.2) is 24.3 Å².